The van der Waals surface area contributed by atoms with E-state index in [-0.39, 0.29) is 5.60 Å². The minimum atomic E-state index is -0.0212. The minimum Gasteiger partial charge on any atom is -0.369 e. The van der Waals surface area contributed by atoms with Crippen LogP contribution in [0.3, 0.4) is 0 Å². The first-order chi connectivity index (χ1) is 9.80. The summed E-state index contributed by atoms with van der Waals surface area (Å²) in [5, 5.41) is 0. The van der Waals surface area contributed by atoms with Gasteiger partial charge in [0.15, 0.2) is 0 Å². The molecule has 0 unspecified atom stereocenters. The van der Waals surface area contributed by atoms with Crippen molar-refractivity contribution in [1.29, 1.82) is 0 Å². The molecule has 0 atom stereocenters. The highest BCUT2D eigenvalue weighted by Gasteiger charge is 2.34. The summed E-state index contributed by atoms with van der Waals surface area (Å²) in [6.45, 7) is 8.54. The second-order valence-electron chi connectivity index (χ2n) is 5.80. The lowest BCUT2D eigenvalue weighted by Crippen LogP contribution is -2.36. The van der Waals surface area contributed by atoms with Gasteiger partial charge in [-0.2, -0.15) is 0 Å². The predicted molar refractivity (Wildman–Crippen MR) is 84.9 cm³/mol. The molecule has 2 heteroatoms. The van der Waals surface area contributed by atoms with Crippen LogP contribution in [0.25, 0.3) is 0 Å². The van der Waals surface area contributed by atoms with Crippen LogP contribution in [0.1, 0.15) is 51.5 Å². The van der Waals surface area contributed by atoms with Gasteiger partial charge in [0.05, 0.1) is 12.2 Å². The molecule has 0 saturated heterocycles. The van der Waals surface area contributed by atoms with Crippen molar-refractivity contribution < 1.29 is 4.74 Å². The molecule has 1 aliphatic rings. The number of hydrogen-bond acceptors (Lipinski definition) is 2. The maximum absolute atomic E-state index is 6.45. The van der Waals surface area contributed by atoms with Gasteiger partial charge >= 0.3 is 0 Å². The summed E-state index contributed by atoms with van der Waals surface area (Å²) in [4.78, 5) is 2.43. The minimum absolute atomic E-state index is 0.0212. The number of likely N-dealkylation sites (N-methyl/N-ethyl adjacent to an activating group) is 1. The molecule has 1 fully saturated rings. The number of rotatable bonds is 7. The van der Waals surface area contributed by atoms with Gasteiger partial charge in [-0.1, -0.05) is 63.4 Å². The van der Waals surface area contributed by atoms with Crippen LogP contribution in [0.2, 0.25) is 0 Å². The molecule has 0 aromatic heterocycles. The Labute approximate surface area is 124 Å². The third kappa shape index (κ3) is 3.83. The Morgan fingerprint density at radius 3 is 2.25 bits per heavy atom. The lowest BCUT2D eigenvalue weighted by Gasteiger charge is -2.38. The zero-order valence-corrected chi connectivity index (χ0v) is 13.1. The van der Waals surface area contributed by atoms with Crippen LogP contribution in [-0.4, -0.2) is 31.1 Å². The van der Waals surface area contributed by atoms with Gasteiger partial charge in [0.1, 0.15) is 0 Å². The van der Waals surface area contributed by atoms with E-state index in [1.165, 1.54) is 37.7 Å². The molecule has 1 saturated carbocycles. The van der Waals surface area contributed by atoms with Crippen molar-refractivity contribution in [2.24, 2.45) is 0 Å². The van der Waals surface area contributed by atoms with Gasteiger partial charge in [0.25, 0.3) is 0 Å². The summed E-state index contributed by atoms with van der Waals surface area (Å²) in [7, 11) is 0. The Hall–Kier alpha value is -0.860. The Balaban J connectivity index is 2.01. The maximum atomic E-state index is 6.45. The van der Waals surface area contributed by atoms with Gasteiger partial charge in [-0.15, -0.1) is 0 Å². The van der Waals surface area contributed by atoms with E-state index in [0.717, 1.165) is 26.2 Å². The smallest absolute Gasteiger partial charge is 0.0931 e. The van der Waals surface area contributed by atoms with Crippen molar-refractivity contribution in [3.05, 3.63) is 35.9 Å². The zero-order chi connectivity index (χ0) is 14.3. The largest absolute Gasteiger partial charge is 0.369 e. The van der Waals surface area contributed by atoms with Crippen LogP contribution in [0.15, 0.2) is 30.3 Å². The Bertz CT molecular complexity index is 366. The molecular weight excluding hydrogens is 246 g/mol. The number of hydrogen-bond donors (Lipinski definition) is 0. The lowest BCUT2D eigenvalue weighted by molar-refractivity contribution is -0.0810. The third-order valence-electron chi connectivity index (χ3n) is 4.64. The van der Waals surface area contributed by atoms with Crippen LogP contribution in [-0.2, 0) is 10.3 Å². The standard InChI is InChI=1S/C18H29NO/c1-3-19(4-2)15-16-20-18(13-9-6-10-14-18)17-11-7-5-8-12-17/h5,7-8,11-12H,3-4,6,9-10,13-16H2,1-2H3. The summed E-state index contributed by atoms with van der Waals surface area (Å²) >= 11 is 0. The van der Waals surface area contributed by atoms with Crippen molar-refractivity contribution in [1.82, 2.24) is 4.90 Å². The summed E-state index contributed by atoms with van der Waals surface area (Å²) in [6, 6.07) is 10.8. The predicted octanol–water partition coefficient (Wildman–Crippen LogP) is 4.20. The van der Waals surface area contributed by atoms with E-state index in [2.05, 4.69) is 49.1 Å². The first-order valence-corrected chi connectivity index (χ1v) is 8.22. The first kappa shape index (κ1) is 15.5. The van der Waals surface area contributed by atoms with Crippen molar-refractivity contribution in [3.8, 4) is 0 Å². The van der Waals surface area contributed by atoms with Crippen LogP contribution in [0.5, 0.6) is 0 Å². The molecule has 0 spiro atoms. The molecule has 0 radical (unpaired) electrons. The number of ether oxygens (including phenoxy) is 1. The van der Waals surface area contributed by atoms with E-state index >= 15 is 0 Å². The summed E-state index contributed by atoms with van der Waals surface area (Å²) < 4.78 is 6.45. The number of benzene rings is 1. The topological polar surface area (TPSA) is 12.5 Å². The van der Waals surface area contributed by atoms with Gasteiger partial charge in [0.2, 0.25) is 0 Å². The van der Waals surface area contributed by atoms with E-state index in [0.29, 0.717) is 0 Å². The monoisotopic (exact) mass is 275 g/mol. The van der Waals surface area contributed by atoms with Gasteiger partial charge in [-0.3, -0.25) is 0 Å². The van der Waals surface area contributed by atoms with Crippen molar-refractivity contribution in [2.75, 3.05) is 26.2 Å². The SMILES string of the molecule is CCN(CC)CCOC1(c2ccccc2)CCCCC1. The highest BCUT2D eigenvalue weighted by Crippen LogP contribution is 2.40. The van der Waals surface area contributed by atoms with E-state index in [1.807, 2.05) is 0 Å². The second-order valence-corrected chi connectivity index (χ2v) is 5.80. The third-order valence-corrected chi connectivity index (χ3v) is 4.64. The zero-order valence-electron chi connectivity index (χ0n) is 13.1. The summed E-state index contributed by atoms with van der Waals surface area (Å²) in [6.07, 6.45) is 6.29. The summed E-state index contributed by atoms with van der Waals surface area (Å²) in [5.74, 6) is 0. The van der Waals surface area contributed by atoms with Crippen LogP contribution >= 0.6 is 0 Å². The second kappa shape index (κ2) is 7.80. The molecule has 112 valence electrons. The molecule has 1 aromatic carbocycles. The lowest BCUT2D eigenvalue weighted by atomic mass is 9.79. The van der Waals surface area contributed by atoms with E-state index < -0.39 is 0 Å². The average Bonchev–Trinajstić information content (AvgIpc) is 2.53. The van der Waals surface area contributed by atoms with Crippen molar-refractivity contribution in [2.45, 2.75) is 51.6 Å². The molecule has 0 heterocycles. The first-order valence-electron chi connectivity index (χ1n) is 8.22. The fourth-order valence-electron chi connectivity index (χ4n) is 3.29. The maximum Gasteiger partial charge on any atom is 0.0931 e. The normalized spacial score (nSPS) is 18.4. The number of nitrogens with zero attached hydrogens (tertiary/aromatic N) is 1. The fourth-order valence-corrected chi connectivity index (χ4v) is 3.29. The molecule has 2 nitrogen and oxygen atoms in total. The Morgan fingerprint density at radius 1 is 1.00 bits per heavy atom. The average molecular weight is 275 g/mol. The van der Waals surface area contributed by atoms with Gasteiger partial charge in [0, 0.05) is 6.54 Å². The van der Waals surface area contributed by atoms with Crippen LogP contribution in [0.4, 0.5) is 0 Å². The molecule has 0 amide bonds. The van der Waals surface area contributed by atoms with Crippen LogP contribution < -0.4 is 0 Å². The highest BCUT2D eigenvalue weighted by molar-refractivity contribution is 5.23. The molecule has 0 N–H and O–H groups in total. The molecule has 0 bridgehead atoms. The highest BCUT2D eigenvalue weighted by atomic mass is 16.5. The van der Waals surface area contributed by atoms with Gasteiger partial charge < -0.3 is 9.64 Å². The molecule has 20 heavy (non-hydrogen) atoms. The molecule has 0 aliphatic heterocycles. The van der Waals surface area contributed by atoms with Crippen molar-refractivity contribution >= 4 is 0 Å². The quantitative estimate of drug-likeness (QED) is 0.739. The molecule has 1 aromatic rings. The van der Waals surface area contributed by atoms with Gasteiger partial charge in [-0.25, -0.2) is 0 Å². The van der Waals surface area contributed by atoms with Gasteiger partial charge in [-0.05, 0) is 31.5 Å². The van der Waals surface area contributed by atoms with Crippen molar-refractivity contribution in [3.63, 3.8) is 0 Å². The molecule has 2 rings (SSSR count). The Kier molecular flexibility index (Phi) is 6.06. The molecular formula is C18H29NO. The van der Waals surface area contributed by atoms with Crippen LogP contribution in [0, 0.1) is 0 Å². The molecule has 1 aliphatic carbocycles. The fraction of sp³-hybridized carbons (Fsp3) is 0.667. The van der Waals surface area contributed by atoms with E-state index in [9.17, 15) is 0 Å². The Morgan fingerprint density at radius 2 is 1.65 bits per heavy atom. The summed E-state index contributed by atoms with van der Waals surface area (Å²) in [5.41, 5.74) is 1.35. The van der Waals surface area contributed by atoms with E-state index in [4.69, 9.17) is 4.74 Å². The van der Waals surface area contributed by atoms with E-state index in [1.54, 1.807) is 0 Å².